The fraction of sp³-hybridized carbons (Fsp3) is 0.833. The lowest BCUT2D eigenvalue weighted by Crippen LogP contribution is -2.54. The number of nitrogens with zero attached hydrogens (tertiary/aromatic N) is 1. The second-order valence-electron chi connectivity index (χ2n) is 5.09. The quantitative estimate of drug-likeness (QED) is 0.757. The number of ether oxygens (including phenoxy) is 1. The van der Waals surface area contributed by atoms with E-state index in [4.69, 9.17) is 4.74 Å². The smallest absolute Gasteiger partial charge is 0.327 e. The molecule has 6 nitrogen and oxygen atoms in total. The summed E-state index contributed by atoms with van der Waals surface area (Å²) in [5.41, 5.74) is -0.557. The van der Waals surface area contributed by atoms with Gasteiger partial charge in [0.2, 0.25) is 5.91 Å². The van der Waals surface area contributed by atoms with Crippen LogP contribution in [0.25, 0.3) is 0 Å². The lowest BCUT2D eigenvalue weighted by atomic mass is 9.78. The Morgan fingerprint density at radius 3 is 2.74 bits per heavy atom. The number of rotatable bonds is 4. The molecule has 0 bridgehead atoms. The molecule has 0 aliphatic carbocycles. The molecule has 2 N–H and O–H groups in total. The molecule has 0 aromatic carbocycles. The first-order valence-electron chi connectivity index (χ1n) is 6.42. The van der Waals surface area contributed by atoms with Crippen LogP contribution in [0.4, 0.5) is 0 Å². The van der Waals surface area contributed by atoms with Crippen LogP contribution in [0.1, 0.15) is 12.8 Å². The number of hydrogen-bond acceptors (Lipinski definition) is 5. The van der Waals surface area contributed by atoms with Gasteiger partial charge in [-0.15, -0.1) is 11.8 Å². The topological polar surface area (TPSA) is 78.9 Å². The van der Waals surface area contributed by atoms with Crippen molar-refractivity contribution in [2.45, 2.75) is 18.9 Å². The summed E-state index contributed by atoms with van der Waals surface area (Å²) in [4.78, 5) is 25.5. The minimum Gasteiger partial charge on any atom is -0.480 e. The number of carbonyl (C=O) groups excluding carboxylic acids is 1. The summed E-state index contributed by atoms with van der Waals surface area (Å²) in [6.45, 7) is 1.91. The highest BCUT2D eigenvalue weighted by Crippen LogP contribution is 2.35. The van der Waals surface area contributed by atoms with Crippen LogP contribution in [0.2, 0.25) is 0 Å². The van der Waals surface area contributed by atoms with Crippen LogP contribution in [0.5, 0.6) is 0 Å². The molecule has 2 saturated heterocycles. The highest BCUT2D eigenvalue weighted by molar-refractivity contribution is 7.99. The lowest BCUT2D eigenvalue weighted by molar-refractivity contribution is -0.156. The number of carboxylic acid groups (broad SMARTS) is 1. The molecular formula is C12H20N2O4S. The summed E-state index contributed by atoms with van der Waals surface area (Å²) < 4.78 is 5.23. The van der Waals surface area contributed by atoms with E-state index in [1.807, 2.05) is 0 Å². The van der Waals surface area contributed by atoms with E-state index in [1.54, 1.807) is 7.11 Å². The minimum atomic E-state index is -0.917. The van der Waals surface area contributed by atoms with Gasteiger partial charge in [-0.05, 0) is 25.9 Å². The predicted molar refractivity (Wildman–Crippen MR) is 72.0 cm³/mol. The van der Waals surface area contributed by atoms with Crippen molar-refractivity contribution in [3.8, 4) is 0 Å². The number of carboxylic acids is 1. The van der Waals surface area contributed by atoms with Crippen LogP contribution in [-0.2, 0) is 14.3 Å². The van der Waals surface area contributed by atoms with Crippen molar-refractivity contribution in [3.05, 3.63) is 0 Å². The van der Waals surface area contributed by atoms with Gasteiger partial charge in [-0.25, -0.2) is 4.79 Å². The Labute approximate surface area is 116 Å². The maximum atomic E-state index is 12.8. The number of hydrogen-bond donors (Lipinski definition) is 2. The number of carbonyl (C=O) groups is 2. The Morgan fingerprint density at radius 1 is 1.47 bits per heavy atom. The van der Waals surface area contributed by atoms with Crippen molar-refractivity contribution in [2.24, 2.45) is 5.41 Å². The van der Waals surface area contributed by atoms with Gasteiger partial charge in [-0.3, -0.25) is 4.79 Å². The summed E-state index contributed by atoms with van der Waals surface area (Å²) >= 11 is 1.50. The predicted octanol–water partition coefficient (Wildman–Crippen LogP) is -0.0113. The Hall–Kier alpha value is -0.790. The van der Waals surface area contributed by atoms with Gasteiger partial charge in [0, 0.05) is 12.9 Å². The zero-order chi connectivity index (χ0) is 13.9. The van der Waals surface area contributed by atoms with Crippen molar-refractivity contribution in [1.82, 2.24) is 10.2 Å². The monoisotopic (exact) mass is 288 g/mol. The van der Waals surface area contributed by atoms with Crippen LogP contribution in [-0.4, -0.2) is 66.4 Å². The summed E-state index contributed by atoms with van der Waals surface area (Å²) in [5.74, 6) is -0.0371. The third-order valence-electron chi connectivity index (χ3n) is 3.86. The minimum absolute atomic E-state index is 0.0618. The molecule has 19 heavy (non-hydrogen) atoms. The summed E-state index contributed by atoms with van der Waals surface area (Å²) in [5, 5.41) is 12.4. The number of thioether (sulfide) groups is 1. The molecule has 0 radical (unpaired) electrons. The van der Waals surface area contributed by atoms with E-state index in [0.29, 0.717) is 31.1 Å². The van der Waals surface area contributed by atoms with Crippen LogP contribution in [0, 0.1) is 5.41 Å². The van der Waals surface area contributed by atoms with Gasteiger partial charge in [0.25, 0.3) is 0 Å². The van der Waals surface area contributed by atoms with Gasteiger partial charge in [0.1, 0.15) is 6.04 Å². The molecule has 0 aromatic heterocycles. The van der Waals surface area contributed by atoms with Crippen LogP contribution in [0.3, 0.4) is 0 Å². The fourth-order valence-electron chi connectivity index (χ4n) is 2.75. The van der Waals surface area contributed by atoms with Crippen LogP contribution >= 0.6 is 11.8 Å². The average Bonchev–Trinajstić information content (AvgIpc) is 2.88. The molecule has 0 aromatic rings. The molecule has 2 fully saturated rings. The first-order valence-corrected chi connectivity index (χ1v) is 7.57. The maximum absolute atomic E-state index is 12.8. The van der Waals surface area contributed by atoms with E-state index in [0.717, 1.165) is 13.1 Å². The number of methoxy groups -OCH3 is 1. The van der Waals surface area contributed by atoms with E-state index in [1.165, 1.54) is 16.7 Å². The number of aliphatic carboxylic acids is 1. The third kappa shape index (κ3) is 2.88. The second-order valence-corrected chi connectivity index (χ2v) is 6.09. The van der Waals surface area contributed by atoms with Gasteiger partial charge in [0.15, 0.2) is 0 Å². The normalized spacial score (nSPS) is 26.4. The summed E-state index contributed by atoms with van der Waals surface area (Å²) in [6.07, 6.45) is 1.40. The molecule has 1 amide bonds. The number of nitrogens with one attached hydrogen (secondary N) is 1. The van der Waals surface area contributed by atoms with Crippen molar-refractivity contribution >= 4 is 23.6 Å². The zero-order valence-electron chi connectivity index (χ0n) is 11.1. The Kier molecular flexibility index (Phi) is 4.70. The molecule has 0 saturated carbocycles. The molecule has 1 unspecified atom stereocenters. The van der Waals surface area contributed by atoms with Crippen LogP contribution < -0.4 is 5.32 Å². The van der Waals surface area contributed by atoms with E-state index in [-0.39, 0.29) is 5.91 Å². The molecular weight excluding hydrogens is 268 g/mol. The second kappa shape index (κ2) is 6.11. The third-order valence-corrected chi connectivity index (χ3v) is 4.88. The SMILES string of the molecule is COCC1(C(=O)N2CSCC2C(=O)O)CCNCC1. The lowest BCUT2D eigenvalue weighted by Gasteiger charge is -2.39. The molecule has 2 rings (SSSR count). The highest BCUT2D eigenvalue weighted by atomic mass is 32.2. The molecule has 1 atom stereocenters. The van der Waals surface area contributed by atoms with Crippen molar-refractivity contribution in [3.63, 3.8) is 0 Å². The summed E-state index contributed by atoms with van der Waals surface area (Å²) in [6, 6.07) is -0.693. The van der Waals surface area contributed by atoms with E-state index >= 15 is 0 Å². The molecule has 2 aliphatic heterocycles. The standard InChI is InChI=1S/C12H20N2O4S/c1-18-7-12(2-4-13-5-3-12)11(17)14-8-19-6-9(14)10(15)16/h9,13H,2-8H2,1H3,(H,15,16). The maximum Gasteiger partial charge on any atom is 0.327 e. The van der Waals surface area contributed by atoms with Gasteiger partial charge in [-0.2, -0.15) is 0 Å². The van der Waals surface area contributed by atoms with Crippen molar-refractivity contribution < 1.29 is 19.4 Å². The van der Waals surface area contributed by atoms with Gasteiger partial charge in [0.05, 0.1) is 17.9 Å². The highest BCUT2D eigenvalue weighted by Gasteiger charge is 2.46. The first-order chi connectivity index (χ1) is 9.10. The molecule has 2 aliphatic rings. The molecule has 7 heteroatoms. The summed E-state index contributed by atoms with van der Waals surface area (Å²) in [7, 11) is 1.59. The molecule has 0 spiro atoms. The van der Waals surface area contributed by atoms with Gasteiger partial charge >= 0.3 is 5.97 Å². The van der Waals surface area contributed by atoms with E-state index in [9.17, 15) is 14.7 Å². The van der Waals surface area contributed by atoms with Crippen molar-refractivity contribution in [2.75, 3.05) is 38.4 Å². The van der Waals surface area contributed by atoms with E-state index < -0.39 is 17.4 Å². The van der Waals surface area contributed by atoms with Crippen LogP contribution in [0.15, 0.2) is 0 Å². The fourth-order valence-corrected chi connectivity index (χ4v) is 3.90. The number of piperidine rings is 1. The Morgan fingerprint density at radius 2 is 2.16 bits per heavy atom. The first kappa shape index (κ1) is 14.6. The molecule has 2 heterocycles. The van der Waals surface area contributed by atoms with Gasteiger partial charge < -0.3 is 20.1 Å². The average molecular weight is 288 g/mol. The van der Waals surface area contributed by atoms with E-state index in [2.05, 4.69) is 5.32 Å². The Bertz CT molecular complexity index is 352. The largest absolute Gasteiger partial charge is 0.480 e. The number of amides is 1. The van der Waals surface area contributed by atoms with Gasteiger partial charge in [-0.1, -0.05) is 0 Å². The van der Waals surface area contributed by atoms with Crippen molar-refractivity contribution in [1.29, 1.82) is 0 Å². The zero-order valence-corrected chi connectivity index (χ0v) is 11.9. The molecule has 108 valence electrons. The Balaban J connectivity index is 2.16.